The molecule has 2 aromatic carbocycles. The molecule has 0 bridgehead atoms. The number of carbonyl (C=O) groups excluding carboxylic acids is 2. The van der Waals surface area contributed by atoms with Crippen molar-refractivity contribution in [2.45, 2.75) is 6.92 Å². The molecule has 0 saturated carbocycles. The molecule has 0 aliphatic carbocycles. The SMILES string of the molecule is CC(=O)Nc1ccc(NC(=O)c2ccc(Nc3cc(Cl)nc(N)n3)cc2)cc1. The van der Waals surface area contributed by atoms with E-state index in [0.29, 0.717) is 28.4 Å². The van der Waals surface area contributed by atoms with Crippen LogP contribution in [0.3, 0.4) is 0 Å². The highest BCUT2D eigenvalue weighted by Crippen LogP contribution is 2.20. The average molecular weight is 397 g/mol. The molecule has 1 heterocycles. The third-order valence-corrected chi connectivity index (χ3v) is 3.79. The first-order chi connectivity index (χ1) is 13.4. The Kier molecular flexibility index (Phi) is 5.71. The van der Waals surface area contributed by atoms with Gasteiger partial charge in [-0.15, -0.1) is 0 Å². The van der Waals surface area contributed by atoms with Crippen molar-refractivity contribution in [2.75, 3.05) is 21.7 Å². The molecule has 0 radical (unpaired) electrons. The predicted molar refractivity (Wildman–Crippen MR) is 110 cm³/mol. The second-order valence-corrected chi connectivity index (χ2v) is 6.24. The van der Waals surface area contributed by atoms with Gasteiger partial charge < -0.3 is 21.7 Å². The quantitative estimate of drug-likeness (QED) is 0.488. The minimum atomic E-state index is -0.256. The van der Waals surface area contributed by atoms with Gasteiger partial charge in [0.2, 0.25) is 11.9 Å². The van der Waals surface area contributed by atoms with E-state index in [0.717, 1.165) is 0 Å². The van der Waals surface area contributed by atoms with Gasteiger partial charge in [0.05, 0.1) is 0 Å². The molecule has 5 N–H and O–H groups in total. The van der Waals surface area contributed by atoms with Crippen LogP contribution in [0.25, 0.3) is 0 Å². The lowest BCUT2D eigenvalue weighted by Crippen LogP contribution is -2.12. The molecule has 142 valence electrons. The van der Waals surface area contributed by atoms with Gasteiger partial charge in [0.25, 0.3) is 5.91 Å². The highest BCUT2D eigenvalue weighted by molar-refractivity contribution is 6.29. The number of rotatable bonds is 5. The molecule has 0 fully saturated rings. The zero-order valence-corrected chi connectivity index (χ0v) is 15.6. The smallest absolute Gasteiger partial charge is 0.255 e. The summed E-state index contributed by atoms with van der Waals surface area (Å²) in [5.74, 6) is 0.107. The fourth-order valence-electron chi connectivity index (χ4n) is 2.40. The number of carbonyl (C=O) groups is 2. The molecule has 0 unspecified atom stereocenters. The number of nitrogens with zero attached hydrogens (tertiary/aromatic N) is 2. The molecule has 28 heavy (non-hydrogen) atoms. The van der Waals surface area contributed by atoms with Crippen molar-refractivity contribution in [1.82, 2.24) is 9.97 Å². The van der Waals surface area contributed by atoms with Gasteiger partial charge in [-0.25, -0.2) is 4.98 Å². The largest absolute Gasteiger partial charge is 0.368 e. The Labute approximate surface area is 166 Å². The summed E-state index contributed by atoms with van der Waals surface area (Å²) in [6, 6.07) is 15.2. The Bertz CT molecular complexity index is 986. The molecule has 0 spiro atoms. The van der Waals surface area contributed by atoms with E-state index in [1.807, 2.05) is 0 Å². The van der Waals surface area contributed by atoms with E-state index in [1.54, 1.807) is 54.6 Å². The van der Waals surface area contributed by atoms with Crippen LogP contribution in [0, 0.1) is 0 Å². The minimum Gasteiger partial charge on any atom is -0.368 e. The normalized spacial score (nSPS) is 10.2. The van der Waals surface area contributed by atoms with Gasteiger partial charge in [-0.3, -0.25) is 9.59 Å². The standard InChI is InChI=1S/C19H17ClN6O2/c1-11(27)22-13-6-8-15(9-7-13)24-18(28)12-2-4-14(5-3-12)23-17-10-16(20)25-19(21)26-17/h2-10H,1H3,(H,22,27)(H,24,28)(H3,21,23,25,26). The van der Waals surface area contributed by atoms with Crippen molar-refractivity contribution in [3.05, 3.63) is 65.3 Å². The van der Waals surface area contributed by atoms with Crippen LogP contribution < -0.4 is 21.7 Å². The number of halogens is 1. The number of nitrogens with two attached hydrogens (primary N) is 1. The van der Waals surface area contributed by atoms with E-state index in [-0.39, 0.29) is 22.9 Å². The van der Waals surface area contributed by atoms with E-state index >= 15 is 0 Å². The van der Waals surface area contributed by atoms with E-state index < -0.39 is 0 Å². The molecule has 9 heteroatoms. The second-order valence-electron chi connectivity index (χ2n) is 5.85. The Morgan fingerprint density at radius 2 is 1.46 bits per heavy atom. The molecule has 8 nitrogen and oxygen atoms in total. The Hall–Kier alpha value is -3.65. The fourth-order valence-corrected chi connectivity index (χ4v) is 2.59. The van der Waals surface area contributed by atoms with Crippen LogP contribution >= 0.6 is 11.6 Å². The number of hydrogen-bond acceptors (Lipinski definition) is 6. The Balaban J connectivity index is 1.64. The van der Waals surface area contributed by atoms with Gasteiger partial charge >= 0.3 is 0 Å². The molecule has 3 rings (SSSR count). The van der Waals surface area contributed by atoms with Gasteiger partial charge in [-0.2, -0.15) is 4.98 Å². The summed E-state index contributed by atoms with van der Waals surface area (Å²) < 4.78 is 0. The monoisotopic (exact) mass is 396 g/mol. The van der Waals surface area contributed by atoms with Crippen LogP contribution in [0.5, 0.6) is 0 Å². The maximum absolute atomic E-state index is 12.4. The van der Waals surface area contributed by atoms with Crippen molar-refractivity contribution < 1.29 is 9.59 Å². The zero-order valence-electron chi connectivity index (χ0n) is 14.9. The summed E-state index contributed by atoms with van der Waals surface area (Å²) in [6.45, 7) is 1.43. The fraction of sp³-hybridized carbons (Fsp3) is 0.0526. The number of nitrogens with one attached hydrogen (secondary N) is 3. The first-order valence-electron chi connectivity index (χ1n) is 8.25. The number of nitrogen functional groups attached to an aromatic ring is 1. The molecular formula is C19H17ClN6O2. The Morgan fingerprint density at radius 1 is 0.893 bits per heavy atom. The molecule has 0 aliphatic rings. The molecule has 0 aliphatic heterocycles. The minimum absolute atomic E-state index is 0.0653. The van der Waals surface area contributed by atoms with E-state index in [9.17, 15) is 9.59 Å². The number of amides is 2. The van der Waals surface area contributed by atoms with Crippen molar-refractivity contribution in [3.63, 3.8) is 0 Å². The third-order valence-electron chi connectivity index (χ3n) is 3.59. The van der Waals surface area contributed by atoms with E-state index in [2.05, 4.69) is 25.9 Å². The summed E-state index contributed by atoms with van der Waals surface area (Å²) in [7, 11) is 0. The number of benzene rings is 2. The average Bonchev–Trinajstić information content (AvgIpc) is 2.62. The van der Waals surface area contributed by atoms with E-state index in [4.69, 9.17) is 17.3 Å². The van der Waals surface area contributed by atoms with Crippen molar-refractivity contribution >= 4 is 52.2 Å². The summed E-state index contributed by atoms with van der Waals surface area (Å²) in [5.41, 5.74) is 8.04. The molecule has 0 atom stereocenters. The van der Waals surface area contributed by atoms with Gasteiger partial charge in [0.15, 0.2) is 0 Å². The van der Waals surface area contributed by atoms with Crippen LogP contribution in [0.1, 0.15) is 17.3 Å². The summed E-state index contributed by atoms with van der Waals surface area (Å²) in [4.78, 5) is 31.2. The molecule has 3 aromatic rings. The maximum atomic E-state index is 12.4. The molecule has 0 saturated heterocycles. The summed E-state index contributed by atoms with van der Waals surface area (Å²) in [6.07, 6.45) is 0. The highest BCUT2D eigenvalue weighted by atomic mass is 35.5. The second kappa shape index (κ2) is 8.36. The lowest BCUT2D eigenvalue weighted by atomic mass is 10.2. The number of anilines is 5. The first-order valence-corrected chi connectivity index (χ1v) is 8.63. The van der Waals surface area contributed by atoms with Crippen LogP contribution in [-0.4, -0.2) is 21.8 Å². The molecular weight excluding hydrogens is 380 g/mol. The van der Waals surface area contributed by atoms with Crippen molar-refractivity contribution in [3.8, 4) is 0 Å². The molecule has 2 amide bonds. The van der Waals surface area contributed by atoms with Gasteiger partial charge in [-0.05, 0) is 48.5 Å². The van der Waals surface area contributed by atoms with Gasteiger partial charge in [0.1, 0.15) is 11.0 Å². The lowest BCUT2D eigenvalue weighted by molar-refractivity contribution is -0.114. The van der Waals surface area contributed by atoms with Crippen LogP contribution in [0.15, 0.2) is 54.6 Å². The van der Waals surface area contributed by atoms with Crippen LogP contribution in [0.2, 0.25) is 5.15 Å². The third kappa shape index (κ3) is 5.18. The van der Waals surface area contributed by atoms with Crippen LogP contribution in [-0.2, 0) is 4.79 Å². The summed E-state index contributed by atoms with van der Waals surface area (Å²) >= 11 is 5.85. The van der Waals surface area contributed by atoms with Crippen molar-refractivity contribution in [1.29, 1.82) is 0 Å². The number of hydrogen-bond donors (Lipinski definition) is 4. The maximum Gasteiger partial charge on any atom is 0.255 e. The van der Waals surface area contributed by atoms with Crippen LogP contribution in [0.4, 0.5) is 28.8 Å². The first kappa shape index (κ1) is 19.1. The zero-order chi connectivity index (χ0) is 20.1. The highest BCUT2D eigenvalue weighted by Gasteiger charge is 2.07. The molecule has 1 aromatic heterocycles. The topological polar surface area (TPSA) is 122 Å². The summed E-state index contributed by atoms with van der Waals surface area (Å²) in [5, 5.41) is 8.74. The predicted octanol–water partition coefficient (Wildman–Crippen LogP) is 3.67. The lowest BCUT2D eigenvalue weighted by Gasteiger charge is -2.09. The van der Waals surface area contributed by atoms with Gasteiger partial charge in [0, 0.05) is 35.6 Å². The number of aromatic nitrogens is 2. The Morgan fingerprint density at radius 3 is 2.04 bits per heavy atom. The van der Waals surface area contributed by atoms with Crippen molar-refractivity contribution in [2.24, 2.45) is 0 Å². The van der Waals surface area contributed by atoms with Gasteiger partial charge in [-0.1, -0.05) is 11.6 Å². The van der Waals surface area contributed by atoms with E-state index in [1.165, 1.54) is 6.92 Å².